The first-order chi connectivity index (χ1) is 15.2. The molecule has 0 saturated carbocycles. The minimum Gasteiger partial charge on any atom is -0.497 e. The quantitative estimate of drug-likeness (QED) is 0.440. The van der Waals surface area contributed by atoms with Crippen LogP contribution in [0.2, 0.25) is 0 Å². The summed E-state index contributed by atoms with van der Waals surface area (Å²) in [5.41, 5.74) is 3.08. The fourth-order valence-electron chi connectivity index (χ4n) is 4.44. The average Bonchev–Trinajstić information content (AvgIpc) is 3.26. The highest BCUT2D eigenvalue weighted by Gasteiger charge is 2.50. The summed E-state index contributed by atoms with van der Waals surface area (Å²) in [5, 5.41) is 1.90. The molecule has 4 nitrogen and oxygen atoms in total. The van der Waals surface area contributed by atoms with E-state index in [2.05, 4.69) is 0 Å². The summed E-state index contributed by atoms with van der Waals surface area (Å²) in [7, 11) is 1.63. The van der Waals surface area contributed by atoms with Gasteiger partial charge < -0.3 is 14.2 Å². The minimum atomic E-state index is -1.27. The normalized spacial score (nSPS) is 19.1. The second-order valence-corrected chi connectivity index (χ2v) is 7.61. The van der Waals surface area contributed by atoms with E-state index in [9.17, 15) is 4.79 Å². The number of allylic oxidation sites excluding steroid dienone is 1. The lowest BCUT2D eigenvalue weighted by molar-refractivity contribution is -0.112. The third-order valence-electron chi connectivity index (χ3n) is 5.92. The van der Waals surface area contributed by atoms with Crippen LogP contribution < -0.4 is 4.74 Å². The van der Waals surface area contributed by atoms with E-state index < -0.39 is 5.79 Å². The molecule has 0 fully saturated rings. The molecule has 1 heterocycles. The van der Waals surface area contributed by atoms with Gasteiger partial charge in [-0.3, -0.25) is 4.79 Å². The van der Waals surface area contributed by atoms with Crippen LogP contribution in [-0.2, 0) is 15.3 Å². The van der Waals surface area contributed by atoms with Crippen LogP contribution in [0, 0.1) is 0 Å². The van der Waals surface area contributed by atoms with Crippen molar-refractivity contribution in [1.29, 1.82) is 0 Å². The van der Waals surface area contributed by atoms with Gasteiger partial charge in [0.1, 0.15) is 5.75 Å². The molecule has 0 spiro atoms. The van der Waals surface area contributed by atoms with E-state index in [-0.39, 0.29) is 11.5 Å². The van der Waals surface area contributed by atoms with Crippen molar-refractivity contribution in [3.63, 3.8) is 0 Å². The van der Waals surface area contributed by atoms with Crippen molar-refractivity contribution in [3.8, 4) is 5.75 Å². The van der Waals surface area contributed by atoms with E-state index >= 15 is 0 Å². The Hall–Kier alpha value is -4.05. The van der Waals surface area contributed by atoms with Gasteiger partial charge >= 0.3 is 5.79 Å². The van der Waals surface area contributed by atoms with Crippen LogP contribution in [-0.4, -0.2) is 12.9 Å². The maximum Gasteiger partial charge on any atom is 0.305 e. The summed E-state index contributed by atoms with van der Waals surface area (Å²) in [6, 6.07) is 28.9. The van der Waals surface area contributed by atoms with E-state index in [1.54, 1.807) is 7.11 Å². The van der Waals surface area contributed by atoms with Crippen LogP contribution in [0.5, 0.6) is 5.75 Å². The Morgan fingerprint density at radius 1 is 0.677 bits per heavy atom. The van der Waals surface area contributed by atoms with E-state index in [0.717, 1.165) is 33.2 Å². The molecule has 0 bridgehead atoms. The molecule has 2 aliphatic rings. The van der Waals surface area contributed by atoms with Gasteiger partial charge in [-0.05, 0) is 29.7 Å². The number of hydrogen-bond donors (Lipinski definition) is 0. The standard InChI is InChI=1S/C27H18O4/c1-29-20-15-13-19(14-16-20)27(18-9-3-2-4-10-18)30-25-22-12-6-8-17-7-5-11-21(23(17)22)24(28)26(25)31-27/h2-16H,1H3. The lowest BCUT2D eigenvalue weighted by atomic mass is 9.90. The molecule has 0 saturated heterocycles. The van der Waals surface area contributed by atoms with Crippen LogP contribution in [0.4, 0.5) is 0 Å². The number of hydrogen-bond acceptors (Lipinski definition) is 4. The van der Waals surface area contributed by atoms with Gasteiger partial charge in [0.2, 0.25) is 11.5 Å². The predicted molar refractivity (Wildman–Crippen MR) is 118 cm³/mol. The van der Waals surface area contributed by atoms with E-state index in [1.807, 2.05) is 91.0 Å². The number of rotatable bonds is 3. The Morgan fingerprint density at radius 2 is 1.32 bits per heavy atom. The molecule has 1 aliphatic carbocycles. The Balaban J connectivity index is 1.57. The van der Waals surface area contributed by atoms with Crippen molar-refractivity contribution in [1.82, 2.24) is 0 Å². The van der Waals surface area contributed by atoms with Crippen molar-refractivity contribution in [3.05, 3.63) is 119 Å². The monoisotopic (exact) mass is 406 g/mol. The molecule has 4 aromatic carbocycles. The van der Waals surface area contributed by atoms with E-state index in [0.29, 0.717) is 11.3 Å². The highest BCUT2D eigenvalue weighted by Crippen LogP contribution is 2.51. The SMILES string of the molecule is COc1ccc(C2(c3ccccc3)OC3=C(O2)c2cccc4cccc(c24)C3=O)cc1. The number of carbonyl (C=O) groups is 1. The number of ketones is 1. The third-order valence-corrected chi connectivity index (χ3v) is 5.92. The number of carbonyl (C=O) groups excluding carboxylic acids is 1. The summed E-state index contributed by atoms with van der Waals surface area (Å²) in [6.07, 6.45) is 0. The lowest BCUT2D eigenvalue weighted by Gasteiger charge is -2.29. The Bertz CT molecular complexity index is 1360. The van der Waals surface area contributed by atoms with E-state index in [1.165, 1.54) is 0 Å². The van der Waals surface area contributed by atoms with Crippen molar-refractivity contribution in [2.24, 2.45) is 0 Å². The first-order valence-electron chi connectivity index (χ1n) is 10.1. The lowest BCUT2D eigenvalue weighted by Crippen LogP contribution is -2.30. The van der Waals surface area contributed by atoms with Gasteiger partial charge in [-0.1, -0.05) is 66.7 Å². The summed E-state index contributed by atoms with van der Waals surface area (Å²) in [5.74, 6) is 0.0271. The number of benzene rings is 4. The van der Waals surface area contributed by atoms with Crippen LogP contribution in [0.25, 0.3) is 16.5 Å². The molecular formula is C27H18O4. The zero-order chi connectivity index (χ0) is 21.0. The van der Waals surface area contributed by atoms with Gasteiger partial charge in [0.05, 0.1) is 7.11 Å². The second-order valence-electron chi connectivity index (χ2n) is 7.61. The molecule has 0 amide bonds. The smallest absolute Gasteiger partial charge is 0.305 e. The molecule has 150 valence electrons. The fourth-order valence-corrected chi connectivity index (χ4v) is 4.44. The number of Topliss-reactive ketones (excluding diaryl/α,β-unsaturated/α-hetero) is 1. The molecule has 0 radical (unpaired) electrons. The highest BCUT2D eigenvalue weighted by molar-refractivity contribution is 6.23. The topological polar surface area (TPSA) is 44.8 Å². The molecule has 0 aromatic heterocycles. The minimum absolute atomic E-state index is 0.161. The van der Waals surface area contributed by atoms with Crippen molar-refractivity contribution < 1.29 is 19.0 Å². The van der Waals surface area contributed by atoms with Crippen LogP contribution in [0.1, 0.15) is 27.0 Å². The molecule has 31 heavy (non-hydrogen) atoms. The summed E-state index contributed by atoms with van der Waals surface area (Å²) in [4.78, 5) is 13.5. The molecule has 1 unspecified atom stereocenters. The summed E-state index contributed by atoms with van der Waals surface area (Å²) < 4.78 is 18.4. The van der Waals surface area contributed by atoms with Gasteiger partial charge in [-0.15, -0.1) is 0 Å². The van der Waals surface area contributed by atoms with Crippen molar-refractivity contribution in [2.45, 2.75) is 5.79 Å². The van der Waals surface area contributed by atoms with Crippen LogP contribution in [0.15, 0.2) is 96.8 Å². The first kappa shape index (κ1) is 17.8. The zero-order valence-electron chi connectivity index (χ0n) is 16.8. The number of methoxy groups -OCH3 is 1. The zero-order valence-corrected chi connectivity index (χ0v) is 16.8. The first-order valence-corrected chi connectivity index (χ1v) is 10.1. The van der Waals surface area contributed by atoms with Gasteiger partial charge in [0.15, 0.2) is 5.76 Å². The Labute approximate surface area is 179 Å². The highest BCUT2D eigenvalue weighted by atomic mass is 16.7. The Morgan fingerprint density at radius 3 is 2.03 bits per heavy atom. The average molecular weight is 406 g/mol. The summed E-state index contributed by atoms with van der Waals surface area (Å²) >= 11 is 0. The largest absolute Gasteiger partial charge is 0.497 e. The van der Waals surface area contributed by atoms with Gasteiger partial charge in [0.25, 0.3) is 0 Å². The van der Waals surface area contributed by atoms with Crippen LogP contribution in [0.3, 0.4) is 0 Å². The molecule has 4 heteroatoms. The van der Waals surface area contributed by atoms with Gasteiger partial charge in [-0.2, -0.15) is 0 Å². The maximum atomic E-state index is 13.5. The number of ether oxygens (including phenoxy) is 3. The second kappa shape index (κ2) is 6.47. The van der Waals surface area contributed by atoms with E-state index in [4.69, 9.17) is 14.2 Å². The maximum absolute atomic E-state index is 13.5. The molecule has 0 N–H and O–H groups in total. The van der Waals surface area contributed by atoms with Crippen molar-refractivity contribution in [2.75, 3.05) is 7.11 Å². The predicted octanol–water partition coefficient (Wildman–Crippen LogP) is 5.66. The molecule has 6 rings (SSSR count). The molecule has 1 aliphatic heterocycles. The van der Waals surface area contributed by atoms with Crippen LogP contribution >= 0.6 is 0 Å². The third kappa shape index (κ3) is 2.45. The Kier molecular flexibility index (Phi) is 3.71. The molecule has 1 atom stereocenters. The summed E-state index contributed by atoms with van der Waals surface area (Å²) in [6.45, 7) is 0. The number of fused-ring (bicyclic) bond motifs is 1. The molecule has 4 aromatic rings. The van der Waals surface area contributed by atoms with Gasteiger partial charge in [-0.25, -0.2) is 0 Å². The molecular weight excluding hydrogens is 388 g/mol. The fraction of sp³-hybridized carbons (Fsp3) is 0.0741. The van der Waals surface area contributed by atoms with Gasteiger partial charge in [0, 0.05) is 27.6 Å². The van der Waals surface area contributed by atoms with Crippen molar-refractivity contribution >= 4 is 22.3 Å².